The highest BCUT2D eigenvalue weighted by atomic mass is 35.5. The van der Waals surface area contributed by atoms with Crippen molar-refractivity contribution in [2.45, 2.75) is 13.8 Å². The van der Waals surface area contributed by atoms with Crippen molar-refractivity contribution in [1.29, 1.82) is 0 Å². The first-order valence-corrected chi connectivity index (χ1v) is 6.08. The molecule has 0 aliphatic heterocycles. The Bertz CT molecular complexity index is 615. The monoisotopic (exact) mass is 278 g/mol. The van der Waals surface area contributed by atoms with Gasteiger partial charge in [-0.2, -0.15) is 0 Å². The Kier molecular flexibility index (Phi) is 3.86. The molecule has 0 saturated heterocycles. The van der Waals surface area contributed by atoms with Crippen LogP contribution in [0.4, 0.5) is 4.39 Å². The van der Waals surface area contributed by atoms with Crippen LogP contribution in [0.15, 0.2) is 30.3 Å². The van der Waals surface area contributed by atoms with Crippen molar-refractivity contribution in [2.24, 2.45) is 0 Å². The molecule has 0 unspecified atom stereocenters. The minimum atomic E-state index is -0.512. The SMILES string of the molecule is Cc1cc(Oc2cc(F)cc(C=O)c2)cc(C)c1Cl. The van der Waals surface area contributed by atoms with E-state index in [1.54, 1.807) is 12.1 Å². The van der Waals surface area contributed by atoms with E-state index >= 15 is 0 Å². The molecule has 0 spiro atoms. The van der Waals surface area contributed by atoms with E-state index in [9.17, 15) is 9.18 Å². The van der Waals surface area contributed by atoms with Crippen LogP contribution in [-0.4, -0.2) is 6.29 Å². The summed E-state index contributed by atoms with van der Waals surface area (Å²) in [4.78, 5) is 10.7. The van der Waals surface area contributed by atoms with Crippen molar-refractivity contribution in [3.8, 4) is 11.5 Å². The molecule has 2 aromatic carbocycles. The zero-order valence-corrected chi connectivity index (χ0v) is 11.3. The highest BCUT2D eigenvalue weighted by Gasteiger charge is 2.06. The van der Waals surface area contributed by atoms with E-state index in [0.29, 0.717) is 17.1 Å². The van der Waals surface area contributed by atoms with Gasteiger partial charge >= 0.3 is 0 Å². The molecule has 0 bridgehead atoms. The first-order chi connectivity index (χ1) is 8.99. The first kappa shape index (κ1) is 13.6. The van der Waals surface area contributed by atoms with E-state index < -0.39 is 5.82 Å². The highest BCUT2D eigenvalue weighted by molar-refractivity contribution is 6.32. The summed E-state index contributed by atoms with van der Waals surface area (Å²) < 4.78 is 18.8. The number of carbonyl (C=O) groups is 1. The first-order valence-electron chi connectivity index (χ1n) is 5.70. The largest absolute Gasteiger partial charge is 0.457 e. The van der Waals surface area contributed by atoms with E-state index in [4.69, 9.17) is 16.3 Å². The molecular weight excluding hydrogens is 267 g/mol. The lowest BCUT2D eigenvalue weighted by Gasteiger charge is -2.10. The Hall–Kier alpha value is -1.87. The summed E-state index contributed by atoms with van der Waals surface area (Å²) in [5.74, 6) is 0.326. The molecule has 4 heteroatoms. The molecule has 2 nitrogen and oxygen atoms in total. The number of aryl methyl sites for hydroxylation is 2. The van der Waals surface area contributed by atoms with Crippen LogP contribution in [0.3, 0.4) is 0 Å². The van der Waals surface area contributed by atoms with E-state index in [1.807, 2.05) is 13.8 Å². The predicted molar refractivity (Wildman–Crippen MR) is 72.8 cm³/mol. The van der Waals surface area contributed by atoms with Gasteiger partial charge in [0.05, 0.1) is 0 Å². The minimum Gasteiger partial charge on any atom is -0.457 e. The molecule has 0 aromatic heterocycles. The van der Waals surface area contributed by atoms with Gasteiger partial charge in [0.25, 0.3) is 0 Å². The molecule has 2 aromatic rings. The van der Waals surface area contributed by atoms with Gasteiger partial charge < -0.3 is 4.74 Å². The zero-order chi connectivity index (χ0) is 14.0. The zero-order valence-electron chi connectivity index (χ0n) is 10.5. The molecule has 0 radical (unpaired) electrons. The number of hydrogen-bond acceptors (Lipinski definition) is 2. The second-order valence-electron chi connectivity index (χ2n) is 4.31. The Balaban J connectivity index is 2.36. The molecule has 98 valence electrons. The fourth-order valence-corrected chi connectivity index (χ4v) is 1.92. The van der Waals surface area contributed by atoms with Gasteiger partial charge in [0, 0.05) is 16.7 Å². The van der Waals surface area contributed by atoms with Crippen LogP contribution < -0.4 is 4.74 Å². The number of rotatable bonds is 3. The lowest BCUT2D eigenvalue weighted by molar-refractivity contribution is 0.112. The number of hydrogen-bond donors (Lipinski definition) is 0. The Morgan fingerprint density at radius 2 is 1.63 bits per heavy atom. The van der Waals surface area contributed by atoms with Crippen LogP contribution in [0.1, 0.15) is 21.5 Å². The number of carbonyl (C=O) groups excluding carboxylic acids is 1. The van der Waals surface area contributed by atoms with Crippen molar-refractivity contribution in [1.82, 2.24) is 0 Å². The molecule has 0 amide bonds. The summed E-state index contributed by atoms with van der Waals surface area (Å²) in [5.41, 5.74) is 1.99. The quantitative estimate of drug-likeness (QED) is 0.761. The van der Waals surface area contributed by atoms with Crippen LogP contribution in [0.5, 0.6) is 11.5 Å². The van der Waals surface area contributed by atoms with Gasteiger partial charge in [-0.05, 0) is 49.2 Å². The Labute approximate surface area is 115 Å². The van der Waals surface area contributed by atoms with Crippen LogP contribution in [0, 0.1) is 19.7 Å². The topological polar surface area (TPSA) is 26.3 Å². The second kappa shape index (κ2) is 5.41. The molecule has 0 saturated carbocycles. The smallest absolute Gasteiger partial charge is 0.150 e. The maximum Gasteiger partial charge on any atom is 0.150 e. The maximum absolute atomic E-state index is 13.3. The van der Waals surface area contributed by atoms with Gasteiger partial charge in [-0.1, -0.05) is 11.6 Å². The molecule has 19 heavy (non-hydrogen) atoms. The normalized spacial score (nSPS) is 10.3. The maximum atomic E-state index is 13.3. The van der Waals surface area contributed by atoms with Gasteiger partial charge in [-0.3, -0.25) is 4.79 Å². The average Bonchev–Trinajstić information content (AvgIpc) is 2.35. The van der Waals surface area contributed by atoms with Crippen molar-refractivity contribution in [2.75, 3.05) is 0 Å². The van der Waals surface area contributed by atoms with Gasteiger partial charge in [-0.15, -0.1) is 0 Å². The van der Waals surface area contributed by atoms with Crippen LogP contribution >= 0.6 is 11.6 Å². The second-order valence-corrected chi connectivity index (χ2v) is 4.69. The molecule has 0 aliphatic carbocycles. The molecular formula is C15H12ClFO2. The highest BCUT2D eigenvalue weighted by Crippen LogP contribution is 2.29. The summed E-state index contributed by atoms with van der Waals surface area (Å²) in [6.07, 6.45) is 0.578. The lowest BCUT2D eigenvalue weighted by atomic mass is 10.1. The summed E-state index contributed by atoms with van der Waals surface area (Å²) in [6, 6.07) is 7.39. The summed E-state index contributed by atoms with van der Waals surface area (Å²) in [6.45, 7) is 3.73. The predicted octanol–water partition coefficient (Wildman–Crippen LogP) is 4.70. The fraction of sp³-hybridized carbons (Fsp3) is 0.133. The number of benzene rings is 2. The third-order valence-electron chi connectivity index (χ3n) is 2.68. The standard InChI is InChI=1S/C15H12ClFO2/c1-9-3-13(4-10(2)15(9)16)19-14-6-11(8-18)5-12(17)7-14/h3-8H,1-2H3. The molecule has 0 atom stereocenters. The third-order valence-corrected chi connectivity index (χ3v) is 3.27. The summed E-state index contributed by atoms with van der Waals surface area (Å²) >= 11 is 6.06. The van der Waals surface area contributed by atoms with Crippen LogP contribution in [0.25, 0.3) is 0 Å². The number of ether oxygens (including phenoxy) is 1. The average molecular weight is 279 g/mol. The van der Waals surface area contributed by atoms with E-state index in [2.05, 4.69) is 0 Å². The molecule has 2 rings (SSSR count). The lowest BCUT2D eigenvalue weighted by Crippen LogP contribution is -1.91. The van der Waals surface area contributed by atoms with E-state index in [-0.39, 0.29) is 11.3 Å². The van der Waals surface area contributed by atoms with Crippen molar-refractivity contribution in [3.63, 3.8) is 0 Å². The summed E-state index contributed by atoms with van der Waals surface area (Å²) in [7, 11) is 0. The Morgan fingerprint density at radius 3 is 2.21 bits per heavy atom. The molecule has 0 fully saturated rings. The van der Waals surface area contributed by atoms with Gasteiger partial charge in [0.1, 0.15) is 23.6 Å². The van der Waals surface area contributed by atoms with E-state index in [0.717, 1.165) is 17.2 Å². The van der Waals surface area contributed by atoms with Gasteiger partial charge in [0.2, 0.25) is 0 Å². The number of aldehydes is 1. The molecule has 0 aliphatic rings. The molecule has 0 N–H and O–H groups in total. The van der Waals surface area contributed by atoms with Gasteiger partial charge in [-0.25, -0.2) is 4.39 Å². The van der Waals surface area contributed by atoms with Crippen molar-refractivity contribution < 1.29 is 13.9 Å². The molecule has 0 heterocycles. The number of halogens is 2. The summed E-state index contributed by atoms with van der Waals surface area (Å²) in [5, 5.41) is 0.681. The third kappa shape index (κ3) is 3.12. The Morgan fingerprint density at radius 1 is 1.05 bits per heavy atom. The van der Waals surface area contributed by atoms with Crippen LogP contribution in [-0.2, 0) is 0 Å². The fourth-order valence-electron chi connectivity index (χ4n) is 1.81. The van der Waals surface area contributed by atoms with Crippen molar-refractivity contribution in [3.05, 3.63) is 57.9 Å². The minimum absolute atomic E-state index is 0.234. The van der Waals surface area contributed by atoms with Crippen LogP contribution in [0.2, 0.25) is 5.02 Å². The van der Waals surface area contributed by atoms with Crippen molar-refractivity contribution >= 4 is 17.9 Å². The van der Waals surface area contributed by atoms with Gasteiger partial charge in [0.15, 0.2) is 0 Å². The van der Waals surface area contributed by atoms with E-state index in [1.165, 1.54) is 12.1 Å².